The van der Waals surface area contributed by atoms with Crippen LogP contribution in [0, 0.1) is 0 Å². The van der Waals surface area contributed by atoms with E-state index in [1.165, 1.54) is 7.05 Å². The maximum Gasteiger partial charge on any atom is 0.435 e. The lowest BCUT2D eigenvalue weighted by Gasteiger charge is -2.39. The lowest BCUT2D eigenvalue weighted by Crippen LogP contribution is -2.51. The van der Waals surface area contributed by atoms with E-state index in [0.29, 0.717) is 30.8 Å². The molecule has 0 bridgehead atoms. The number of hydrogen-bond donors (Lipinski definition) is 1. The van der Waals surface area contributed by atoms with Gasteiger partial charge in [0.2, 0.25) is 0 Å². The molecule has 0 radical (unpaired) electrons. The molecule has 34 heavy (non-hydrogen) atoms. The predicted octanol–water partition coefficient (Wildman–Crippen LogP) is 5.68. The Bertz CT molecular complexity index is 1130. The van der Waals surface area contributed by atoms with Crippen molar-refractivity contribution in [2.45, 2.75) is 30.3 Å². The zero-order chi connectivity index (χ0) is 24.9. The molecular formula is C22H18ClF6N3O2. The van der Waals surface area contributed by atoms with Crippen molar-refractivity contribution < 1.29 is 36.0 Å². The molecule has 1 fully saturated rings. The minimum Gasteiger partial charge on any atom is -0.374 e. The van der Waals surface area contributed by atoms with Gasteiger partial charge in [0.1, 0.15) is 0 Å². The number of nitrogens with one attached hydrogen (secondary N) is 1. The van der Waals surface area contributed by atoms with Crippen molar-refractivity contribution in [2.24, 2.45) is 5.16 Å². The molecule has 12 heteroatoms. The first kappa shape index (κ1) is 24.2. The van der Waals surface area contributed by atoms with Crippen LogP contribution in [0.15, 0.2) is 47.6 Å². The summed E-state index contributed by atoms with van der Waals surface area (Å²) in [6.45, 7) is 1.02. The van der Waals surface area contributed by atoms with Gasteiger partial charge in [-0.1, -0.05) is 41.0 Å². The van der Waals surface area contributed by atoms with Crippen LogP contribution in [0.1, 0.15) is 34.6 Å². The second-order valence-corrected chi connectivity index (χ2v) is 8.57. The molecule has 1 N–H and O–H groups in total. The number of carbonyl (C=O) groups excluding carboxylic acids is 1. The van der Waals surface area contributed by atoms with E-state index < -0.39 is 40.5 Å². The molecule has 1 unspecified atom stereocenters. The normalized spacial score (nSPS) is 21.1. The van der Waals surface area contributed by atoms with Crippen LogP contribution >= 0.6 is 11.6 Å². The zero-order valence-corrected chi connectivity index (χ0v) is 18.4. The number of nitrogens with zero attached hydrogens (tertiary/aromatic N) is 2. The van der Waals surface area contributed by atoms with Crippen LogP contribution in [0.4, 0.5) is 31.1 Å². The predicted molar refractivity (Wildman–Crippen MR) is 112 cm³/mol. The Hall–Kier alpha value is -2.95. The summed E-state index contributed by atoms with van der Waals surface area (Å²) in [4.78, 5) is 18.0. The minimum absolute atomic E-state index is 0.0574. The molecule has 0 saturated carbocycles. The first-order chi connectivity index (χ1) is 15.8. The van der Waals surface area contributed by atoms with E-state index in [1.54, 1.807) is 29.2 Å². The number of benzene rings is 2. The van der Waals surface area contributed by atoms with E-state index in [9.17, 15) is 31.1 Å². The fraction of sp³-hybridized carbons (Fsp3) is 0.364. The van der Waals surface area contributed by atoms with Gasteiger partial charge in [-0.15, -0.1) is 0 Å². The molecule has 2 heterocycles. The van der Waals surface area contributed by atoms with Crippen LogP contribution in [0.3, 0.4) is 0 Å². The van der Waals surface area contributed by atoms with Crippen molar-refractivity contribution in [1.29, 1.82) is 0 Å². The maximum atomic E-state index is 14.1. The smallest absolute Gasteiger partial charge is 0.374 e. The van der Waals surface area contributed by atoms with Gasteiger partial charge in [0.25, 0.3) is 5.60 Å². The molecule has 2 aromatic rings. The minimum atomic E-state index is -5.07. The third-order valence-corrected chi connectivity index (χ3v) is 6.19. The second kappa shape index (κ2) is 8.37. The van der Waals surface area contributed by atoms with Gasteiger partial charge in [-0.3, -0.25) is 0 Å². The summed E-state index contributed by atoms with van der Waals surface area (Å²) >= 11 is 5.72. The van der Waals surface area contributed by atoms with E-state index >= 15 is 0 Å². The summed E-state index contributed by atoms with van der Waals surface area (Å²) in [6, 6.07) is 8.14. The highest BCUT2D eigenvalue weighted by Crippen LogP contribution is 2.50. The molecule has 4 rings (SSSR count). The summed E-state index contributed by atoms with van der Waals surface area (Å²) in [5, 5.41) is 5.62. The molecule has 5 nitrogen and oxygen atoms in total. The number of likely N-dealkylation sites (tertiary alicyclic amines) is 1. The molecule has 2 aliphatic heterocycles. The summed E-state index contributed by atoms with van der Waals surface area (Å²) in [5.41, 5.74) is -4.01. The molecule has 2 amide bonds. The van der Waals surface area contributed by atoms with E-state index in [1.807, 2.05) is 0 Å². The largest absolute Gasteiger partial charge is 0.435 e. The highest BCUT2D eigenvalue weighted by molar-refractivity contribution is 6.30. The van der Waals surface area contributed by atoms with Gasteiger partial charge in [0, 0.05) is 43.1 Å². The van der Waals surface area contributed by atoms with Crippen LogP contribution in [-0.2, 0) is 16.6 Å². The number of amides is 2. The summed E-state index contributed by atoms with van der Waals surface area (Å²) in [6.07, 6.45) is -10.8. The molecule has 1 atom stereocenters. The summed E-state index contributed by atoms with van der Waals surface area (Å²) in [7, 11) is 1.53. The lowest BCUT2D eigenvalue weighted by atomic mass is 9.85. The average molecular weight is 506 g/mol. The van der Waals surface area contributed by atoms with Crippen LogP contribution in [0.2, 0.25) is 5.02 Å². The topological polar surface area (TPSA) is 53.9 Å². The number of oxime groups is 1. The Labute approximate surface area is 195 Å². The highest BCUT2D eigenvalue weighted by atomic mass is 35.5. The Kier molecular flexibility index (Phi) is 5.95. The number of carbonyl (C=O) groups is 1. The van der Waals surface area contributed by atoms with Gasteiger partial charge in [0.15, 0.2) is 0 Å². The zero-order valence-electron chi connectivity index (χ0n) is 17.6. The maximum absolute atomic E-state index is 14.1. The Morgan fingerprint density at radius 2 is 1.76 bits per heavy atom. The molecule has 1 saturated heterocycles. The third kappa shape index (κ3) is 4.28. The fourth-order valence-electron chi connectivity index (χ4n) is 4.01. The van der Waals surface area contributed by atoms with Gasteiger partial charge in [-0.05, 0) is 29.3 Å². The molecule has 0 aromatic heterocycles. The Morgan fingerprint density at radius 3 is 2.32 bits per heavy atom. The van der Waals surface area contributed by atoms with Gasteiger partial charge in [-0.25, -0.2) is 4.79 Å². The first-order valence-electron chi connectivity index (χ1n) is 10.1. The number of halogens is 7. The quantitative estimate of drug-likeness (QED) is 0.546. The highest BCUT2D eigenvalue weighted by Gasteiger charge is 2.62. The third-order valence-electron chi connectivity index (χ3n) is 5.98. The van der Waals surface area contributed by atoms with E-state index in [2.05, 4.69) is 10.5 Å². The van der Waals surface area contributed by atoms with Crippen LogP contribution < -0.4 is 5.32 Å². The van der Waals surface area contributed by atoms with Gasteiger partial charge in [0.05, 0.1) is 11.3 Å². The molecule has 0 spiro atoms. The van der Waals surface area contributed by atoms with E-state index in [4.69, 9.17) is 16.4 Å². The Morgan fingerprint density at radius 1 is 1.12 bits per heavy atom. The van der Waals surface area contributed by atoms with Gasteiger partial charge < -0.3 is 15.1 Å². The number of hydrogen-bond acceptors (Lipinski definition) is 3. The van der Waals surface area contributed by atoms with Gasteiger partial charge in [-0.2, -0.15) is 26.3 Å². The molecule has 2 aromatic carbocycles. The first-order valence-corrected chi connectivity index (χ1v) is 10.5. The molecule has 182 valence electrons. The van der Waals surface area contributed by atoms with E-state index in [-0.39, 0.29) is 17.7 Å². The van der Waals surface area contributed by atoms with Crippen LogP contribution in [0.5, 0.6) is 0 Å². The van der Waals surface area contributed by atoms with Gasteiger partial charge >= 0.3 is 18.4 Å². The lowest BCUT2D eigenvalue weighted by molar-refractivity contribution is -0.276. The standard InChI is InChI=1S/C22H18ClF6N3O2/c1-30-19(33)32-10-14(11-32)12-2-4-13(5-3-12)18-9-20(34-31-18,22(27,28)29)15-6-16(21(24,25)26)8-17(23)7-15/h2-8,14H,9-11H2,1H3,(H,30,33). The van der Waals surface area contributed by atoms with Crippen molar-refractivity contribution >= 4 is 23.3 Å². The Balaban J connectivity index is 1.57. The molecular weight excluding hydrogens is 488 g/mol. The number of rotatable bonds is 3. The number of alkyl halides is 6. The van der Waals surface area contributed by atoms with E-state index in [0.717, 1.165) is 11.6 Å². The molecule has 2 aliphatic rings. The SMILES string of the molecule is CNC(=O)N1CC(c2ccc(C3=NOC(c4cc(Cl)cc(C(F)(F)F)c4)(C(F)(F)F)C3)cc2)C1. The van der Waals surface area contributed by atoms with Crippen molar-refractivity contribution in [2.75, 3.05) is 20.1 Å². The van der Waals surface area contributed by atoms with Crippen molar-refractivity contribution in [3.05, 3.63) is 69.7 Å². The second-order valence-electron chi connectivity index (χ2n) is 8.14. The van der Waals surface area contributed by atoms with Crippen LogP contribution in [0.25, 0.3) is 0 Å². The summed E-state index contributed by atoms with van der Waals surface area (Å²) < 4.78 is 82.0. The number of urea groups is 1. The van der Waals surface area contributed by atoms with Crippen LogP contribution in [-0.4, -0.2) is 43.0 Å². The fourth-order valence-corrected chi connectivity index (χ4v) is 4.24. The summed E-state index contributed by atoms with van der Waals surface area (Å²) in [5.74, 6) is 0.0923. The van der Waals surface area contributed by atoms with Crippen molar-refractivity contribution in [1.82, 2.24) is 10.2 Å². The van der Waals surface area contributed by atoms with Crippen molar-refractivity contribution in [3.63, 3.8) is 0 Å². The average Bonchev–Trinajstić information content (AvgIpc) is 3.19. The van der Waals surface area contributed by atoms with Crippen molar-refractivity contribution in [3.8, 4) is 0 Å². The molecule has 0 aliphatic carbocycles. The monoisotopic (exact) mass is 505 g/mol.